The fourth-order valence-electron chi connectivity index (χ4n) is 2.11. The van der Waals surface area contributed by atoms with Crippen LogP contribution in [-0.2, 0) is 4.74 Å². The van der Waals surface area contributed by atoms with Gasteiger partial charge in [-0.15, -0.1) is 0 Å². The monoisotopic (exact) mass is 327 g/mol. The average Bonchev–Trinajstić information content (AvgIpc) is 2.61. The molecule has 0 fully saturated rings. The molecule has 1 N–H and O–H groups in total. The molecule has 126 valence electrons. The van der Waals surface area contributed by atoms with E-state index < -0.39 is 5.97 Å². The lowest BCUT2D eigenvalue weighted by Crippen LogP contribution is -2.13. The SMILES string of the molecule is CCCCOc1cccc(NC(=O)c2cccc(C(=O)OC)c2)c1. The highest BCUT2D eigenvalue weighted by molar-refractivity contribution is 6.05. The number of unbranched alkanes of at least 4 members (excludes halogenated alkanes) is 1. The summed E-state index contributed by atoms with van der Waals surface area (Å²) in [5.41, 5.74) is 1.36. The number of rotatable bonds is 7. The maximum atomic E-state index is 12.3. The molecule has 5 nitrogen and oxygen atoms in total. The topological polar surface area (TPSA) is 64.6 Å². The van der Waals surface area contributed by atoms with Crippen molar-refractivity contribution in [3.05, 3.63) is 59.7 Å². The first-order valence-electron chi connectivity index (χ1n) is 7.86. The van der Waals surface area contributed by atoms with E-state index in [0.717, 1.165) is 12.8 Å². The van der Waals surface area contributed by atoms with Gasteiger partial charge in [-0.2, -0.15) is 0 Å². The molecule has 1 amide bonds. The van der Waals surface area contributed by atoms with Crippen molar-refractivity contribution in [3.63, 3.8) is 0 Å². The third-order valence-electron chi connectivity index (χ3n) is 3.40. The minimum atomic E-state index is -0.476. The average molecular weight is 327 g/mol. The maximum Gasteiger partial charge on any atom is 0.337 e. The lowest BCUT2D eigenvalue weighted by molar-refractivity contribution is 0.0600. The van der Waals surface area contributed by atoms with Gasteiger partial charge in [-0.25, -0.2) is 4.79 Å². The van der Waals surface area contributed by atoms with Crippen LogP contribution in [0.3, 0.4) is 0 Å². The Morgan fingerprint density at radius 2 is 1.79 bits per heavy atom. The second kappa shape index (κ2) is 8.72. The Morgan fingerprint density at radius 1 is 1.04 bits per heavy atom. The number of carbonyl (C=O) groups excluding carboxylic acids is 2. The van der Waals surface area contributed by atoms with Gasteiger partial charge in [0.2, 0.25) is 0 Å². The molecule has 0 aliphatic rings. The molecule has 2 aromatic rings. The Kier molecular flexibility index (Phi) is 6.37. The number of amides is 1. The van der Waals surface area contributed by atoms with Gasteiger partial charge in [0.25, 0.3) is 5.91 Å². The van der Waals surface area contributed by atoms with E-state index in [1.54, 1.807) is 30.3 Å². The van der Waals surface area contributed by atoms with E-state index in [1.807, 2.05) is 12.1 Å². The number of carbonyl (C=O) groups is 2. The largest absolute Gasteiger partial charge is 0.494 e. The molecule has 0 unspecified atom stereocenters. The van der Waals surface area contributed by atoms with Crippen LogP contribution in [0.25, 0.3) is 0 Å². The molecular weight excluding hydrogens is 306 g/mol. The molecule has 0 atom stereocenters. The second-order valence-electron chi connectivity index (χ2n) is 5.26. The molecule has 0 radical (unpaired) electrons. The quantitative estimate of drug-likeness (QED) is 0.619. The normalized spacial score (nSPS) is 10.1. The van der Waals surface area contributed by atoms with Crippen LogP contribution in [0.5, 0.6) is 5.75 Å². The van der Waals surface area contributed by atoms with Gasteiger partial charge in [0.05, 0.1) is 19.3 Å². The van der Waals surface area contributed by atoms with Gasteiger partial charge in [-0.05, 0) is 36.8 Å². The molecule has 0 aromatic heterocycles. The lowest BCUT2D eigenvalue weighted by atomic mass is 10.1. The van der Waals surface area contributed by atoms with Crippen LogP contribution >= 0.6 is 0 Å². The van der Waals surface area contributed by atoms with Crippen LogP contribution in [0.4, 0.5) is 5.69 Å². The van der Waals surface area contributed by atoms with Crippen molar-refractivity contribution >= 4 is 17.6 Å². The Balaban J connectivity index is 2.06. The number of benzene rings is 2. The molecule has 0 saturated heterocycles. The van der Waals surface area contributed by atoms with Crippen LogP contribution in [0.1, 0.15) is 40.5 Å². The van der Waals surface area contributed by atoms with Crippen molar-refractivity contribution in [1.29, 1.82) is 0 Å². The molecule has 2 rings (SSSR count). The molecular formula is C19H21NO4. The Labute approximate surface area is 141 Å². The van der Waals surface area contributed by atoms with Gasteiger partial charge in [0.1, 0.15) is 5.75 Å². The summed E-state index contributed by atoms with van der Waals surface area (Å²) in [5.74, 6) is -0.0630. The van der Waals surface area contributed by atoms with Crippen molar-refractivity contribution in [2.24, 2.45) is 0 Å². The Bertz CT molecular complexity index is 712. The van der Waals surface area contributed by atoms with Crippen molar-refractivity contribution in [2.75, 3.05) is 19.0 Å². The third-order valence-corrected chi connectivity index (χ3v) is 3.40. The lowest BCUT2D eigenvalue weighted by Gasteiger charge is -2.09. The van der Waals surface area contributed by atoms with Gasteiger partial charge in [-0.1, -0.05) is 25.5 Å². The van der Waals surface area contributed by atoms with Crippen molar-refractivity contribution in [3.8, 4) is 5.75 Å². The summed E-state index contributed by atoms with van der Waals surface area (Å²) in [6, 6.07) is 13.6. The van der Waals surface area contributed by atoms with E-state index in [9.17, 15) is 9.59 Å². The fourth-order valence-corrected chi connectivity index (χ4v) is 2.11. The summed E-state index contributed by atoms with van der Waals surface area (Å²) in [7, 11) is 1.30. The summed E-state index contributed by atoms with van der Waals surface area (Å²) in [6.07, 6.45) is 2.05. The molecule has 0 spiro atoms. The summed E-state index contributed by atoms with van der Waals surface area (Å²) < 4.78 is 10.3. The number of hydrogen-bond acceptors (Lipinski definition) is 4. The molecule has 5 heteroatoms. The number of ether oxygens (including phenoxy) is 2. The van der Waals surface area contributed by atoms with E-state index in [4.69, 9.17) is 4.74 Å². The van der Waals surface area contributed by atoms with Crippen molar-refractivity contribution in [1.82, 2.24) is 0 Å². The Morgan fingerprint density at radius 3 is 2.54 bits per heavy atom. The van der Waals surface area contributed by atoms with E-state index >= 15 is 0 Å². The summed E-state index contributed by atoms with van der Waals surface area (Å²) in [5, 5.41) is 2.80. The van der Waals surface area contributed by atoms with E-state index in [1.165, 1.54) is 13.2 Å². The molecule has 0 aliphatic heterocycles. The number of anilines is 1. The maximum absolute atomic E-state index is 12.3. The summed E-state index contributed by atoms with van der Waals surface area (Å²) in [6.45, 7) is 2.75. The van der Waals surface area contributed by atoms with E-state index in [0.29, 0.717) is 29.2 Å². The van der Waals surface area contributed by atoms with Crippen LogP contribution in [0.15, 0.2) is 48.5 Å². The van der Waals surface area contributed by atoms with Gasteiger partial charge in [0.15, 0.2) is 0 Å². The van der Waals surface area contributed by atoms with E-state index in [2.05, 4.69) is 17.0 Å². The molecule has 24 heavy (non-hydrogen) atoms. The van der Waals surface area contributed by atoms with Gasteiger partial charge in [-0.3, -0.25) is 4.79 Å². The standard InChI is InChI=1S/C19H21NO4/c1-3-4-11-24-17-10-6-9-16(13-17)20-18(21)14-7-5-8-15(12-14)19(22)23-2/h5-10,12-13H,3-4,11H2,1-2H3,(H,20,21). The van der Waals surface area contributed by atoms with Crippen LogP contribution < -0.4 is 10.1 Å². The Hall–Kier alpha value is -2.82. The van der Waals surface area contributed by atoms with Crippen LogP contribution in [-0.4, -0.2) is 25.6 Å². The third kappa shape index (κ3) is 4.84. The predicted octanol–water partition coefficient (Wildman–Crippen LogP) is 3.90. The first-order valence-corrected chi connectivity index (χ1v) is 7.86. The highest BCUT2D eigenvalue weighted by atomic mass is 16.5. The number of hydrogen-bond donors (Lipinski definition) is 1. The van der Waals surface area contributed by atoms with Gasteiger partial charge >= 0.3 is 5.97 Å². The first kappa shape index (κ1) is 17.5. The zero-order valence-corrected chi connectivity index (χ0v) is 13.9. The van der Waals surface area contributed by atoms with Crippen molar-refractivity contribution in [2.45, 2.75) is 19.8 Å². The smallest absolute Gasteiger partial charge is 0.337 e. The molecule has 0 heterocycles. The molecule has 0 bridgehead atoms. The number of nitrogens with one attached hydrogen (secondary N) is 1. The number of methoxy groups -OCH3 is 1. The van der Waals surface area contributed by atoms with E-state index in [-0.39, 0.29) is 5.91 Å². The summed E-state index contributed by atoms with van der Waals surface area (Å²) >= 11 is 0. The summed E-state index contributed by atoms with van der Waals surface area (Å²) in [4.78, 5) is 23.9. The molecule has 2 aromatic carbocycles. The van der Waals surface area contributed by atoms with Gasteiger partial charge in [0, 0.05) is 17.3 Å². The highest BCUT2D eigenvalue weighted by Crippen LogP contribution is 2.19. The minimum absolute atomic E-state index is 0.300. The zero-order chi connectivity index (χ0) is 17.4. The predicted molar refractivity (Wildman–Crippen MR) is 92.6 cm³/mol. The minimum Gasteiger partial charge on any atom is -0.494 e. The fraction of sp³-hybridized carbons (Fsp3) is 0.263. The second-order valence-corrected chi connectivity index (χ2v) is 5.26. The number of esters is 1. The first-order chi connectivity index (χ1) is 11.6. The van der Waals surface area contributed by atoms with Gasteiger partial charge < -0.3 is 14.8 Å². The molecule has 0 aliphatic carbocycles. The molecule has 0 saturated carbocycles. The van der Waals surface area contributed by atoms with Crippen LogP contribution in [0.2, 0.25) is 0 Å². The highest BCUT2D eigenvalue weighted by Gasteiger charge is 2.11. The van der Waals surface area contributed by atoms with Crippen molar-refractivity contribution < 1.29 is 19.1 Å². The van der Waals surface area contributed by atoms with Crippen LogP contribution in [0, 0.1) is 0 Å². The zero-order valence-electron chi connectivity index (χ0n) is 13.9.